The molecule has 3 rings (SSSR count). The van der Waals surface area contributed by atoms with Gasteiger partial charge in [-0.25, -0.2) is 23.1 Å². The van der Waals surface area contributed by atoms with Gasteiger partial charge in [0.2, 0.25) is 10.0 Å². The lowest BCUT2D eigenvalue weighted by Gasteiger charge is -2.13. The summed E-state index contributed by atoms with van der Waals surface area (Å²) in [6.45, 7) is 7.57. The van der Waals surface area contributed by atoms with Crippen LogP contribution in [0.2, 0.25) is 0 Å². The maximum Gasteiger partial charge on any atom is 0.338 e. The quantitative estimate of drug-likeness (QED) is 0.490. The Kier molecular flexibility index (Phi) is 5.83. The number of hydrogen-bond donors (Lipinski definition) is 1. The van der Waals surface area contributed by atoms with E-state index in [-0.39, 0.29) is 23.0 Å². The minimum Gasteiger partial charge on any atom is -0.457 e. The van der Waals surface area contributed by atoms with E-state index in [1.807, 2.05) is 13.0 Å². The molecule has 0 amide bonds. The van der Waals surface area contributed by atoms with Gasteiger partial charge >= 0.3 is 11.6 Å². The zero-order valence-corrected chi connectivity index (χ0v) is 18.0. The Morgan fingerprint density at radius 2 is 1.80 bits per heavy atom. The summed E-state index contributed by atoms with van der Waals surface area (Å²) >= 11 is 0. The third-order valence-corrected chi connectivity index (χ3v) is 5.87. The minimum absolute atomic E-state index is 0.0903. The average Bonchev–Trinajstić information content (AvgIpc) is 2.64. The molecule has 30 heavy (non-hydrogen) atoms. The van der Waals surface area contributed by atoms with Gasteiger partial charge in [-0.05, 0) is 60.7 Å². The van der Waals surface area contributed by atoms with Gasteiger partial charge in [0, 0.05) is 17.0 Å². The van der Waals surface area contributed by atoms with E-state index < -0.39 is 21.6 Å². The molecule has 1 heterocycles. The minimum atomic E-state index is -3.96. The molecule has 2 N–H and O–H groups in total. The van der Waals surface area contributed by atoms with Crippen LogP contribution in [0.25, 0.3) is 11.0 Å². The van der Waals surface area contributed by atoms with Crippen LogP contribution in [0.3, 0.4) is 0 Å². The fraction of sp³-hybridized carbons (Fsp3) is 0.273. The lowest BCUT2D eigenvalue weighted by Crippen LogP contribution is -2.15. The van der Waals surface area contributed by atoms with Gasteiger partial charge in [0.25, 0.3) is 0 Å². The van der Waals surface area contributed by atoms with E-state index in [1.165, 1.54) is 24.3 Å². The maximum absolute atomic E-state index is 12.6. The Morgan fingerprint density at radius 1 is 1.10 bits per heavy atom. The summed E-state index contributed by atoms with van der Waals surface area (Å²) in [5, 5.41) is 5.83. The molecule has 0 aliphatic carbocycles. The number of nitrogens with two attached hydrogens (primary N) is 1. The van der Waals surface area contributed by atoms with E-state index >= 15 is 0 Å². The van der Waals surface area contributed by atoms with Gasteiger partial charge in [-0.15, -0.1) is 0 Å². The first-order valence-corrected chi connectivity index (χ1v) is 10.9. The van der Waals surface area contributed by atoms with Crippen molar-refractivity contribution in [3.63, 3.8) is 0 Å². The second-order valence-corrected chi connectivity index (χ2v) is 9.11. The zero-order chi connectivity index (χ0) is 22.2. The first-order chi connectivity index (χ1) is 14.0. The molecule has 0 radical (unpaired) electrons. The number of carbonyl (C=O) groups excluding carboxylic acids is 1. The van der Waals surface area contributed by atoms with Crippen LogP contribution in [0.4, 0.5) is 0 Å². The summed E-state index contributed by atoms with van der Waals surface area (Å²) in [7, 11) is -3.96. The van der Waals surface area contributed by atoms with E-state index in [0.717, 1.165) is 11.1 Å². The van der Waals surface area contributed by atoms with Crippen molar-refractivity contribution in [2.75, 3.05) is 0 Å². The highest BCUT2D eigenvalue weighted by atomic mass is 32.2. The smallest absolute Gasteiger partial charge is 0.338 e. The van der Waals surface area contributed by atoms with Crippen molar-refractivity contribution in [2.24, 2.45) is 5.14 Å². The van der Waals surface area contributed by atoms with Crippen LogP contribution < -0.4 is 10.8 Å². The van der Waals surface area contributed by atoms with Crippen LogP contribution in [-0.4, -0.2) is 14.4 Å². The predicted molar refractivity (Wildman–Crippen MR) is 113 cm³/mol. The van der Waals surface area contributed by atoms with Gasteiger partial charge in [0.15, 0.2) is 0 Å². The molecule has 0 saturated carbocycles. The number of ether oxygens (including phenoxy) is 1. The lowest BCUT2D eigenvalue weighted by molar-refractivity contribution is 0.0472. The third-order valence-electron chi connectivity index (χ3n) is 4.96. The standard InChI is InChI=1S/C22H23NO6S/c1-12(2)17-10-19-15(8-21(24)29-20(19)7-14(17)4)11-28-22(25)18-9-16(30(23,26)27)6-5-13(18)3/h5-10,12H,11H2,1-4H3,(H2,23,26,27). The second-order valence-electron chi connectivity index (χ2n) is 7.55. The molecule has 158 valence electrons. The highest BCUT2D eigenvalue weighted by molar-refractivity contribution is 7.89. The van der Waals surface area contributed by atoms with E-state index in [1.54, 1.807) is 13.0 Å². The van der Waals surface area contributed by atoms with E-state index in [4.69, 9.17) is 14.3 Å². The summed E-state index contributed by atoms with van der Waals surface area (Å²) in [4.78, 5) is 24.4. The molecule has 0 saturated heterocycles. The van der Waals surface area contributed by atoms with Crippen molar-refractivity contribution in [1.29, 1.82) is 0 Å². The topological polar surface area (TPSA) is 117 Å². The third kappa shape index (κ3) is 4.44. The summed E-state index contributed by atoms with van der Waals surface area (Å²) in [5.41, 5.74) is 3.12. The Balaban J connectivity index is 1.97. The number of fused-ring (bicyclic) bond motifs is 1. The van der Waals surface area contributed by atoms with Gasteiger partial charge in [0.05, 0.1) is 10.5 Å². The van der Waals surface area contributed by atoms with E-state index in [9.17, 15) is 18.0 Å². The molecule has 0 fully saturated rings. The predicted octanol–water partition coefficient (Wildman–Crippen LogP) is 3.54. The molecule has 1 aromatic heterocycles. The summed E-state index contributed by atoms with van der Waals surface area (Å²) < 4.78 is 33.9. The molecule has 0 aliphatic rings. The number of rotatable bonds is 5. The second kappa shape index (κ2) is 8.04. The molecular weight excluding hydrogens is 406 g/mol. The van der Waals surface area contributed by atoms with Crippen molar-refractivity contribution in [3.8, 4) is 0 Å². The monoisotopic (exact) mass is 429 g/mol. The molecular formula is C22H23NO6S. The number of benzene rings is 2. The largest absolute Gasteiger partial charge is 0.457 e. The average molecular weight is 429 g/mol. The lowest BCUT2D eigenvalue weighted by atomic mass is 9.95. The zero-order valence-electron chi connectivity index (χ0n) is 17.2. The van der Waals surface area contributed by atoms with Gasteiger partial charge in [-0.1, -0.05) is 19.9 Å². The van der Waals surface area contributed by atoms with Crippen LogP contribution in [0, 0.1) is 13.8 Å². The molecule has 0 bridgehead atoms. The fourth-order valence-corrected chi connectivity index (χ4v) is 3.89. The Labute approximate surface area is 174 Å². The maximum atomic E-state index is 12.6. The fourth-order valence-electron chi connectivity index (χ4n) is 3.35. The Hall–Kier alpha value is -2.97. The van der Waals surface area contributed by atoms with Gasteiger partial charge < -0.3 is 9.15 Å². The normalized spacial score (nSPS) is 11.8. The number of hydrogen-bond acceptors (Lipinski definition) is 6. The first kappa shape index (κ1) is 21.7. The van der Waals surface area contributed by atoms with Crippen molar-refractivity contribution >= 4 is 27.0 Å². The van der Waals surface area contributed by atoms with Crippen LogP contribution >= 0.6 is 0 Å². The molecule has 8 heteroatoms. The Bertz CT molecular complexity index is 1310. The summed E-state index contributed by atoms with van der Waals surface area (Å²) in [6, 6.07) is 9.03. The molecule has 3 aromatic rings. The van der Waals surface area contributed by atoms with Crippen molar-refractivity contribution < 1.29 is 22.4 Å². The molecule has 2 aromatic carbocycles. The van der Waals surface area contributed by atoms with Crippen molar-refractivity contribution in [2.45, 2.75) is 45.1 Å². The molecule has 0 unspecified atom stereocenters. The number of primary sulfonamides is 1. The number of aryl methyl sites for hydroxylation is 2. The van der Waals surface area contributed by atoms with Crippen LogP contribution in [-0.2, 0) is 21.4 Å². The van der Waals surface area contributed by atoms with Crippen molar-refractivity contribution in [3.05, 3.63) is 74.6 Å². The first-order valence-electron chi connectivity index (χ1n) is 9.35. The molecule has 0 spiro atoms. The number of esters is 1. The van der Waals surface area contributed by atoms with E-state index in [2.05, 4.69) is 13.8 Å². The highest BCUT2D eigenvalue weighted by Crippen LogP contribution is 2.27. The van der Waals surface area contributed by atoms with Gasteiger partial charge in [-0.2, -0.15) is 0 Å². The van der Waals surface area contributed by atoms with Crippen LogP contribution in [0.1, 0.15) is 52.4 Å². The van der Waals surface area contributed by atoms with Gasteiger partial charge in [0.1, 0.15) is 12.2 Å². The van der Waals surface area contributed by atoms with Crippen molar-refractivity contribution in [1.82, 2.24) is 0 Å². The SMILES string of the molecule is Cc1ccc(S(N)(=O)=O)cc1C(=O)OCc1cc(=O)oc2cc(C)c(C(C)C)cc12. The number of sulfonamides is 1. The van der Waals surface area contributed by atoms with Crippen LogP contribution in [0.15, 0.2) is 50.5 Å². The van der Waals surface area contributed by atoms with E-state index in [0.29, 0.717) is 22.1 Å². The number of carbonyl (C=O) groups is 1. The summed E-state index contributed by atoms with van der Waals surface area (Å²) in [6.07, 6.45) is 0. The molecule has 0 aliphatic heterocycles. The molecule has 7 nitrogen and oxygen atoms in total. The Morgan fingerprint density at radius 3 is 2.43 bits per heavy atom. The highest BCUT2D eigenvalue weighted by Gasteiger charge is 2.17. The van der Waals surface area contributed by atoms with Crippen LogP contribution in [0.5, 0.6) is 0 Å². The van der Waals surface area contributed by atoms with Gasteiger partial charge in [-0.3, -0.25) is 0 Å². The summed E-state index contributed by atoms with van der Waals surface area (Å²) in [5.74, 6) is -0.448. The molecule has 0 atom stereocenters.